The Morgan fingerprint density at radius 1 is 0.885 bits per heavy atom. The molecular weight excluding hydrogens is 665 g/mol. The van der Waals surface area contributed by atoms with Gasteiger partial charge in [0.15, 0.2) is 28.8 Å². The number of halogens is 1. The first-order valence-corrected chi connectivity index (χ1v) is 17.2. The summed E-state index contributed by atoms with van der Waals surface area (Å²) < 4.78 is 40.1. The van der Waals surface area contributed by atoms with E-state index in [1.807, 2.05) is 36.4 Å². The number of pyridine rings is 1. The average Bonchev–Trinajstić information content (AvgIpc) is 3.17. The molecule has 1 amide bonds. The summed E-state index contributed by atoms with van der Waals surface area (Å²) in [6.45, 7) is 5.12. The zero-order valence-corrected chi connectivity index (χ0v) is 28.7. The molecule has 6 aromatic rings. The summed E-state index contributed by atoms with van der Waals surface area (Å²) in [6.07, 6.45) is 3.01. The van der Waals surface area contributed by atoms with E-state index in [9.17, 15) is 9.59 Å². The molecule has 11 nitrogen and oxygen atoms in total. The molecule has 2 aromatic heterocycles. The Labute approximate surface area is 299 Å². The van der Waals surface area contributed by atoms with Gasteiger partial charge >= 0.3 is 0 Å². The number of anilines is 1. The number of benzene rings is 4. The molecule has 52 heavy (non-hydrogen) atoms. The van der Waals surface area contributed by atoms with Crippen molar-refractivity contribution in [3.8, 4) is 23.0 Å². The van der Waals surface area contributed by atoms with Gasteiger partial charge in [-0.3, -0.25) is 19.5 Å². The van der Waals surface area contributed by atoms with Crippen LogP contribution in [0.25, 0.3) is 21.9 Å². The average molecular weight is 704 g/mol. The smallest absolute Gasteiger partial charge is 0.282 e. The minimum Gasteiger partial charge on any atom is -0.493 e. The predicted octanol–water partition coefficient (Wildman–Crippen LogP) is 6.48. The van der Waals surface area contributed by atoms with Gasteiger partial charge in [0.05, 0.1) is 43.5 Å². The summed E-state index contributed by atoms with van der Waals surface area (Å²) in [5.74, 6) is -0.131. The quantitative estimate of drug-likeness (QED) is 0.135. The molecule has 1 N–H and O–H groups in total. The third kappa shape index (κ3) is 7.88. The van der Waals surface area contributed by atoms with Crippen LogP contribution in [0.4, 0.5) is 10.1 Å². The molecule has 1 aliphatic rings. The second kappa shape index (κ2) is 16.0. The summed E-state index contributed by atoms with van der Waals surface area (Å²) in [5.41, 5.74) is 2.08. The van der Waals surface area contributed by atoms with Crippen molar-refractivity contribution in [2.24, 2.45) is 0 Å². The molecule has 3 heterocycles. The van der Waals surface area contributed by atoms with Crippen LogP contribution in [-0.4, -0.2) is 71.9 Å². The van der Waals surface area contributed by atoms with Crippen LogP contribution in [0.1, 0.15) is 22.5 Å². The number of aromatic nitrogens is 3. The van der Waals surface area contributed by atoms with Crippen LogP contribution in [-0.2, 0) is 17.7 Å². The van der Waals surface area contributed by atoms with E-state index < -0.39 is 17.3 Å². The highest BCUT2D eigenvalue weighted by atomic mass is 19.1. The highest BCUT2D eigenvalue weighted by Crippen LogP contribution is 2.38. The number of hydrogen-bond donors (Lipinski definition) is 1. The number of ether oxygens (including phenoxy) is 4. The molecule has 266 valence electrons. The van der Waals surface area contributed by atoms with Crippen LogP contribution in [0.15, 0.2) is 102 Å². The summed E-state index contributed by atoms with van der Waals surface area (Å²) in [6, 6.07) is 26.1. The first kappa shape index (κ1) is 34.6. The maximum absolute atomic E-state index is 15.5. The second-order valence-electron chi connectivity index (χ2n) is 12.3. The third-order valence-electron chi connectivity index (χ3n) is 8.91. The SMILES string of the molecule is COc1cc2c(Oc3ccc(NC(=O)c4nc5ccccc5n(CCc5ccccc5)c4=O)cc3F)ccnc2cc1OCCCN1CCOCC1. The lowest BCUT2D eigenvalue weighted by Gasteiger charge is -2.26. The number of nitrogens with zero attached hydrogens (tertiary/aromatic N) is 4. The van der Waals surface area contributed by atoms with E-state index in [0.29, 0.717) is 58.8 Å². The van der Waals surface area contributed by atoms with Crippen molar-refractivity contribution in [3.63, 3.8) is 0 Å². The fourth-order valence-corrected chi connectivity index (χ4v) is 6.20. The second-order valence-corrected chi connectivity index (χ2v) is 12.3. The molecule has 7 rings (SSSR count). The van der Waals surface area contributed by atoms with Gasteiger partial charge in [-0.15, -0.1) is 0 Å². The van der Waals surface area contributed by atoms with Gasteiger partial charge in [0.2, 0.25) is 0 Å². The van der Waals surface area contributed by atoms with Gasteiger partial charge in [-0.1, -0.05) is 42.5 Å². The molecule has 1 fully saturated rings. The maximum Gasteiger partial charge on any atom is 0.282 e. The van der Waals surface area contributed by atoms with Crippen molar-refractivity contribution >= 4 is 33.5 Å². The number of fused-ring (bicyclic) bond motifs is 2. The van der Waals surface area contributed by atoms with E-state index in [4.69, 9.17) is 18.9 Å². The van der Waals surface area contributed by atoms with Crippen molar-refractivity contribution in [2.45, 2.75) is 19.4 Å². The predicted molar refractivity (Wildman–Crippen MR) is 196 cm³/mol. The normalized spacial score (nSPS) is 13.3. The molecule has 0 unspecified atom stereocenters. The molecule has 12 heteroatoms. The zero-order valence-electron chi connectivity index (χ0n) is 28.7. The summed E-state index contributed by atoms with van der Waals surface area (Å²) in [4.78, 5) is 38.2. The molecule has 0 bridgehead atoms. The van der Waals surface area contributed by atoms with E-state index in [-0.39, 0.29) is 17.1 Å². The topological polar surface area (TPSA) is 117 Å². The first-order valence-electron chi connectivity index (χ1n) is 17.2. The van der Waals surface area contributed by atoms with E-state index in [1.165, 1.54) is 12.1 Å². The Morgan fingerprint density at radius 3 is 2.50 bits per heavy atom. The number of nitrogens with one attached hydrogen (secondary N) is 1. The van der Waals surface area contributed by atoms with Crippen LogP contribution in [0.5, 0.6) is 23.0 Å². The van der Waals surface area contributed by atoms with Gasteiger partial charge in [0.25, 0.3) is 11.5 Å². The number of carbonyl (C=O) groups is 1. The van der Waals surface area contributed by atoms with Crippen molar-refractivity contribution < 1.29 is 28.1 Å². The lowest BCUT2D eigenvalue weighted by molar-refractivity contribution is 0.0357. The van der Waals surface area contributed by atoms with Gasteiger partial charge in [-0.2, -0.15) is 0 Å². The lowest BCUT2D eigenvalue weighted by atomic mass is 10.1. The van der Waals surface area contributed by atoms with Crippen LogP contribution in [0, 0.1) is 5.82 Å². The van der Waals surface area contributed by atoms with Crippen molar-refractivity contribution in [3.05, 3.63) is 125 Å². The summed E-state index contributed by atoms with van der Waals surface area (Å²) >= 11 is 0. The highest BCUT2D eigenvalue weighted by molar-refractivity contribution is 6.03. The van der Waals surface area contributed by atoms with Crippen LogP contribution in [0.3, 0.4) is 0 Å². The zero-order chi connectivity index (χ0) is 35.9. The molecule has 1 aliphatic heterocycles. The molecule has 0 saturated carbocycles. The van der Waals surface area contributed by atoms with E-state index in [2.05, 4.69) is 20.2 Å². The lowest BCUT2D eigenvalue weighted by Crippen LogP contribution is -2.37. The molecule has 1 saturated heterocycles. The van der Waals surface area contributed by atoms with Crippen LogP contribution < -0.4 is 25.1 Å². The Balaban J connectivity index is 1.05. The standard InChI is InChI=1S/C40H38FN5O6/c1-49-36-25-29-32(26-37(36)51-21-7-17-45-19-22-50-23-20-45)42-16-14-34(29)52-35-13-12-28(24-30(35)41)43-39(47)38-40(48)46(18-15-27-8-3-2-4-9-27)33-11-6-5-10-31(33)44-38/h2-6,8-14,16,24-26H,7,15,17-23H2,1H3,(H,43,47). The number of morpholine rings is 1. The maximum atomic E-state index is 15.5. The Morgan fingerprint density at radius 2 is 1.69 bits per heavy atom. The van der Waals surface area contributed by atoms with Gasteiger partial charge in [0.1, 0.15) is 5.75 Å². The molecule has 0 atom stereocenters. The minimum absolute atomic E-state index is 0.0694. The van der Waals surface area contributed by atoms with Crippen molar-refractivity contribution in [1.29, 1.82) is 0 Å². The molecule has 0 aliphatic carbocycles. The van der Waals surface area contributed by atoms with Crippen LogP contribution >= 0.6 is 0 Å². The third-order valence-corrected chi connectivity index (χ3v) is 8.91. The Hall–Kier alpha value is -5.85. The van der Waals surface area contributed by atoms with Crippen molar-refractivity contribution in [1.82, 2.24) is 19.4 Å². The molecule has 4 aromatic carbocycles. The minimum atomic E-state index is -0.747. The number of para-hydroxylation sites is 2. The number of hydrogen-bond acceptors (Lipinski definition) is 9. The number of rotatable bonds is 13. The van der Waals surface area contributed by atoms with E-state index in [1.54, 1.807) is 54.3 Å². The number of amides is 1. The number of carbonyl (C=O) groups excluding carboxylic acids is 1. The van der Waals surface area contributed by atoms with Gasteiger partial charge in [-0.05, 0) is 54.8 Å². The molecular formula is C40H38FN5O6. The van der Waals surface area contributed by atoms with Gasteiger partial charge < -0.3 is 28.8 Å². The van der Waals surface area contributed by atoms with Gasteiger partial charge in [-0.25, -0.2) is 9.37 Å². The highest BCUT2D eigenvalue weighted by Gasteiger charge is 2.20. The van der Waals surface area contributed by atoms with Gasteiger partial charge in [0, 0.05) is 55.6 Å². The Kier molecular flexibility index (Phi) is 10.6. The summed E-state index contributed by atoms with van der Waals surface area (Å²) in [5, 5.41) is 3.23. The fraction of sp³-hybridized carbons (Fsp3) is 0.250. The van der Waals surface area contributed by atoms with Crippen molar-refractivity contribution in [2.75, 3.05) is 51.9 Å². The largest absolute Gasteiger partial charge is 0.493 e. The fourth-order valence-electron chi connectivity index (χ4n) is 6.20. The monoisotopic (exact) mass is 703 g/mol. The first-order chi connectivity index (χ1) is 25.5. The van der Waals surface area contributed by atoms with E-state index >= 15 is 4.39 Å². The summed E-state index contributed by atoms with van der Waals surface area (Å²) in [7, 11) is 1.55. The number of methoxy groups -OCH3 is 1. The number of aryl methyl sites for hydroxylation is 2. The Bertz CT molecular complexity index is 2260. The molecule has 0 spiro atoms. The molecule has 0 radical (unpaired) electrons. The van der Waals surface area contributed by atoms with Crippen LogP contribution in [0.2, 0.25) is 0 Å². The van der Waals surface area contributed by atoms with E-state index in [0.717, 1.165) is 50.9 Å².